The predicted molar refractivity (Wildman–Crippen MR) is 106 cm³/mol. The molecule has 5 heteroatoms. The van der Waals surface area contributed by atoms with E-state index in [1.165, 1.54) is 7.11 Å². The highest BCUT2D eigenvalue weighted by molar-refractivity contribution is 6.33. The molecular formula is C22H24ClNO3. The minimum absolute atomic E-state index is 0.102. The standard InChI is InChI=1S/C22H24ClNO3/c1-22(2,3)24(20(25)16-7-5-6-8-18(16)23)19-12-11-14-9-10-15(13-17(14)19)21(26)27-4/h5-10,13,19H,11-12H2,1-4H3. The largest absolute Gasteiger partial charge is 0.465 e. The first-order valence-electron chi connectivity index (χ1n) is 9.03. The first-order valence-corrected chi connectivity index (χ1v) is 9.41. The number of methoxy groups -OCH3 is 1. The Morgan fingerprint density at radius 1 is 1.15 bits per heavy atom. The number of rotatable bonds is 3. The van der Waals surface area contributed by atoms with Crippen LogP contribution in [0.4, 0.5) is 0 Å². The van der Waals surface area contributed by atoms with Crippen LogP contribution in [0, 0.1) is 0 Å². The van der Waals surface area contributed by atoms with E-state index in [1.54, 1.807) is 18.2 Å². The summed E-state index contributed by atoms with van der Waals surface area (Å²) in [4.78, 5) is 27.3. The Kier molecular flexibility index (Phi) is 5.29. The van der Waals surface area contributed by atoms with Crippen molar-refractivity contribution in [1.29, 1.82) is 0 Å². The number of benzene rings is 2. The van der Waals surface area contributed by atoms with Gasteiger partial charge in [0.25, 0.3) is 5.91 Å². The molecule has 3 rings (SSSR count). The molecule has 4 nitrogen and oxygen atoms in total. The van der Waals surface area contributed by atoms with Crippen LogP contribution in [0.2, 0.25) is 5.02 Å². The molecule has 0 N–H and O–H groups in total. The molecule has 2 aromatic carbocycles. The van der Waals surface area contributed by atoms with Crippen molar-refractivity contribution in [3.63, 3.8) is 0 Å². The van der Waals surface area contributed by atoms with Gasteiger partial charge in [-0.25, -0.2) is 4.79 Å². The van der Waals surface area contributed by atoms with Gasteiger partial charge >= 0.3 is 5.97 Å². The lowest BCUT2D eigenvalue weighted by Crippen LogP contribution is -2.47. The van der Waals surface area contributed by atoms with Crippen molar-refractivity contribution in [2.45, 2.75) is 45.2 Å². The number of aryl methyl sites for hydroxylation is 1. The molecule has 142 valence electrons. The SMILES string of the molecule is COC(=O)c1ccc2c(c1)C(N(C(=O)c1ccccc1Cl)C(C)(C)C)CC2. The molecule has 27 heavy (non-hydrogen) atoms. The van der Waals surface area contributed by atoms with Crippen LogP contribution in [0.25, 0.3) is 0 Å². The minimum Gasteiger partial charge on any atom is -0.465 e. The van der Waals surface area contributed by atoms with E-state index in [-0.39, 0.29) is 17.9 Å². The Morgan fingerprint density at radius 2 is 1.85 bits per heavy atom. The Morgan fingerprint density at radius 3 is 2.48 bits per heavy atom. The molecular weight excluding hydrogens is 362 g/mol. The molecule has 1 amide bonds. The number of esters is 1. The summed E-state index contributed by atoms with van der Waals surface area (Å²) < 4.78 is 4.85. The molecule has 0 saturated heterocycles. The van der Waals surface area contributed by atoms with Crippen LogP contribution in [0.5, 0.6) is 0 Å². The average Bonchev–Trinajstić information content (AvgIpc) is 3.03. The molecule has 0 aromatic heterocycles. The van der Waals surface area contributed by atoms with E-state index in [4.69, 9.17) is 16.3 Å². The van der Waals surface area contributed by atoms with Gasteiger partial charge in [-0.1, -0.05) is 29.8 Å². The second-order valence-corrected chi connectivity index (χ2v) is 8.19. The molecule has 0 radical (unpaired) electrons. The molecule has 2 aromatic rings. The Hall–Kier alpha value is -2.33. The van der Waals surface area contributed by atoms with Gasteiger partial charge in [-0.15, -0.1) is 0 Å². The van der Waals surface area contributed by atoms with Crippen LogP contribution in [-0.2, 0) is 11.2 Å². The maximum Gasteiger partial charge on any atom is 0.337 e. The number of ether oxygens (including phenoxy) is 1. The topological polar surface area (TPSA) is 46.6 Å². The number of carbonyl (C=O) groups is 2. The number of fused-ring (bicyclic) bond motifs is 1. The quantitative estimate of drug-likeness (QED) is 0.694. The zero-order valence-electron chi connectivity index (χ0n) is 16.1. The van der Waals surface area contributed by atoms with Gasteiger partial charge in [-0.2, -0.15) is 0 Å². The minimum atomic E-state index is -0.413. The zero-order chi connectivity index (χ0) is 19.8. The lowest BCUT2D eigenvalue weighted by Gasteiger charge is -2.41. The molecule has 0 fully saturated rings. The number of carbonyl (C=O) groups excluding carboxylic acids is 2. The molecule has 1 aliphatic rings. The van der Waals surface area contributed by atoms with Gasteiger partial charge in [0, 0.05) is 5.54 Å². The monoisotopic (exact) mass is 385 g/mol. The summed E-state index contributed by atoms with van der Waals surface area (Å²) in [6.45, 7) is 6.05. The van der Waals surface area contributed by atoms with E-state index in [9.17, 15) is 9.59 Å². The van der Waals surface area contributed by atoms with Gasteiger partial charge < -0.3 is 9.64 Å². The van der Waals surface area contributed by atoms with Crippen LogP contribution >= 0.6 is 11.6 Å². The maximum atomic E-state index is 13.4. The van der Waals surface area contributed by atoms with Crippen molar-refractivity contribution in [2.75, 3.05) is 7.11 Å². The Balaban J connectivity index is 2.06. The lowest BCUT2D eigenvalue weighted by molar-refractivity contribution is 0.0435. The van der Waals surface area contributed by atoms with Crippen molar-refractivity contribution in [1.82, 2.24) is 4.90 Å². The second kappa shape index (κ2) is 7.35. The van der Waals surface area contributed by atoms with E-state index in [1.807, 2.05) is 49.9 Å². The number of hydrogen-bond acceptors (Lipinski definition) is 3. The molecule has 1 aliphatic carbocycles. The first-order chi connectivity index (χ1) is 12.7. The van der Waals surface area contributed by atoms with Crippen LogP contribution < -0.4 is 0 Å². The summed E-state index contributed by atoms with van der Waals surface area (Å²) in [6, 6.07) is 12.6. The summed E-state index contributed by atoms with van der Waals surface area (Å²) in [7, 11) is 1.37. The number of nitrogens with zero attached hydrogens (tertiary/aromatic N) is 1. The molecule has 0 bridgehead atoms. The highest BCUT2D eigenvalue weighted by atomic mass is 35.5. The Labute approximate surface area is 165 Å². The van der Waals surface area contributed by atoms with E-state index < -0.39 is 5.54 Å². The maximum absolute atomic E-state index is 13.4. The van der Waals surface area contributed by atoms with Gasteiger partial charge in [0.2, 0.25) is 0 Å². The van der Waals surface area contributed by atoms with Crippen LogP contribution in [0.1, 0.15) is 65.1 Å². The lowest BCUT2D eigenvalue weighted by atomic mass is 9.96. The van der Waals surface area contributed by atoms with Crippen molar-refractivity contribution in [2.24, 2.45) is 0 Å². The van der Waals surface area contributed by atoms with E-state index in [0.29, 0.717) is 16.1 Å². The first kappa shape index (κ1) is 19.4. The normalized spacial score (nSPS) is 16.0. The highest BCUT2D eigenvalue weighted by Crippen LogP contribution is 2.41. The fourth-order valence-electron chi connectivity index (χ4n) is 3.77. The van der Waals surface area contributed by atoms with Gasteiger partial charge in [-0.3, -0.25) is 4.79 Å². The third-order valence-corrected chi connectivity index (χ3v) is 5.30. The fourth-order valence-corrected chi connectivity index (χ4v) is 3.99. The van der Waals surface area contributed by atoms with Gasteiger partial charge in [0.1, 0.15) is 0 Å². The summed E-state index contributed by atoms with van der Waals surface area (Å²) in [5.74, 6) is -0.474. The van der Waals surface area contributed by atoms with Gasteiger partial charge in [0.15, 0.2) is 0 Å². The van der Waals surface area contributed by atoms with Crippen molar-refractivity contribution in [3.8, 4) is 0 Å². The summed E-state index contributed by atoms with van der Waals surface area (Å²) in [6.07, 6.45) is 1.68. The van der Waals surface area contributed by atoms with Gasteiger partial charge in [-0.05, 0) is 69.0 Å². The Bertz CT molecular complexity index is 885. The van der Waals surface area contributed by atoms with Crippen LogP contribution in [0.3, 0.4) is 0 Å². The molecule has 1 atom stereocenters. The van der Waals surface area contributed by atoms with E-state index >= 15 is 0 Å². The van der Waals surface area contributed by atoms with Gasteiger partial charge in [0.05, 0.1) is 29.3 Å². The number of hydrogen-bond donors (Lipinski definition) is 0. The van der Waals surface area contributed by atoms with Crippen molar-refractivity contribution in [3.05, 3.63) is 69.7 Å². The summed E-state index contributed by atoms with van der Waals surface area (Å²) in [5.41, 5.74) is 2.75. The van der Waals surface area contributed by atoms with Crippen molar-refractivity contribution < 1.29 is 14.3 Å². The number of amides is 1. The molecule has 0 heterocycles. The number of halogens is 1. The third kappa shape index (κ3) is 3.72. The third-order valence-electron chi connectivity index (χ3n) is 4.97. The zero-order valence-corrected chi connectivity index (χ0v) is 16.8. The fraction of sp³-hybridized carbons (Fsp3) is 0.364. The molecule has 0 saturated carbocycles. The molecule has 0 aliphatic heterocycles. The average molecular weight is 386 g/mol. The summed E-state index contributed by atoms with van der Waals surface area (Å²) in [5, 5.41) is 0.443. The van der Waals surface area contributed by atoms with Crippen LogP contribution in [0.15, 0.2) is 42.5 Å². The smallest absolute Gasteiger partial charge is 0.337 e. The van der Waals surface area contributed by atoms with Crippen molar-refractivity contribution >= 4 is 23.5 Å². The molecule has 0 spiro atoms. The predicted octanol–water partition coefficient (Wildman–Crippen LogP) is 5.05. The van der Waals surface area contributed by atoms with E-state index in [2.05, 4.69) is 0 Å². The second-order valence-electron chi connectivity index (χ2n) is 7.79. The molecule has 1 unspecified atom stereocenters. The summed E-state index contributed by atoms with van der Waals surface area (Å²) >= 11 is 6.30. The van der Waals surface area contributed by atoms with E-state index in [0.717, 1.165) is 24.0 Å². The highest BCUT2D eigenvalue weighted by Gasteiger charge is 2.38. The van der Waals surface area contributed by atoms with Crippen LogP contribution in [-0.4, -0.2) is 29.4 Å².